The average molecular weight is 227 g/mol. The smallest absolute Gasteiger partial charge is 0.0372 e. The van der Waals surface area contributed by atoms with Gasteiger partial charge >= 0.3 is 0 Å². The van der Waals surface area contributed by atoms with Crippen LogP contribution in [0.3, 0.4) is 0 Å². The van der Waals surface area contributed by atoms with E-state index in [1.165, 1.54) is 22.3 Å². The Hall–Kier alpha value is -1.63. The van der Waals surface area contributed by atoms with Crippen molar-refractivity contribution in [2.75, 3.05) is 0 Å². The molecule has 0 amide bonds. The fourth-order valence-corrected chi connectivity index (χ4v) is 1.43. The van der Waals surface area contributed by atoms with E-state index in [9.17, 15) is 0 Å². The van der Waals surface area contributed by atoms with E-state index >= 15 is 0 Å². The summed E-state index contributed by atoms with van der Waals surface area (Å²) in [5, 5.41) is 0. The molecule has 1 nitrogen and oxygen atoms in total. The summed E-state index contributed by atoms with van der Waals surface area (Å²) >= 11 is 0. The number of aromatic nitrogens is 1. The van der Waals surface area contributed by atoms with E-state index in [2.05, 4.69) is 50.0 Å². The predicted octanol–water partition coefficient (Wildman–Crippen LogP) is 4.31. The molecule has 0 aliphatic rings. The van der Waals surface area contributed by atoms with Crippen LogP contribution in [0, 0.1) is 34.6 Å². The molecule has 2 rings (SSSR count). The van der Waals surface area contributed by atoms with Gasteiger partial charge in [-0.25, -0.2) is 0 Å². The first-order valence-electron chi connectivity index (χ1n) is 5.92. The van der Waals surface area contributed by atoms with Gasteiger partial charge in [0.1, 0.15) is 0 Å². The van der Waals surface area contributed by atoms with Crippen LogP contribution in [0.5, 0.6) is 0 Å². The largest absolute Gasteiger partial charge is 0.261 e. The van der Waals surface area contributed by atoms with Gasteiger partial charge in [0.25, 0.3) is 0 Å². The predicted molar refractivity (Wildman–Crippen MR) is 74.4 cm³/mol. The number of aryl methyl sites for hydroxylation is 5. The molecule has 0 aliphatic heterocycles. The lowest BCUT2D eigenvalue weighted by atomic mass is 10.1. The van der Waals surface area contributed by atoms with Crippen LogP contribution in [0.25, 0.3) is 0 Å². The molecule has 0 bridgehead atoms. The van der Waals surface area contributed by atoms with Crippen LogP contribution in [0.4, 0.5) is 0 Å². The van der Waals surface area contributed by atoms with Crippen molar-refractivity contribution in [2.24, 2.45) is 0 Å². The number of hydrogen-bond acceptors (Lipinski definition) is 1. The molecular formula is C16H21N. The Morgan fingerprint density at radius 3 is 1.76 bits per heavy atom. The highest BCUT2D eigenvalue weighted by Gasteiger charge is 1.89. The molecule has 0 N–H and O–H groups in total. The highest BCUT2D eigenvalue weighted by atomic mass is 14.6. The third kappa shape index (κ3) is 4.81. The molecule has 0 atom stereocenters. The average Bonchev–Trinajstić information content (AvgIpc) is 2.29. The van der Waals surface area contributed by atoms with E-state index in [0.29, 0.717) is 0 Å². The van der Waals surface area contributed by atoms with Crippen molar-refractivity contribution in [3.05, 3.63) is 64.5 Å². The van der Waals surface area contributed by atoms with Crippen LogP contribution in [-0.2, 0) is 0 Å². The first-order chi connectivity index (χ1) is 7.99. The minimum absolute atomic E-state index is 1.08. The van der Waals surface area contributed by atoms with Gasteiger partial charge < -0.3 is 0 Å². The summed E-state index contributed by atoms with van der Waals surface area (Å²) in [6.45, 7) is 10.4. The minimum atomic E-state index is 1.08. The van der Waals surface area contributed by atoms with Gasteiger partial charge in [0.2, 0.25) is 0 Å². The number of pyridine rings is 1. The monoisotopic (exact) mass is 227 g/mol. The number of hydrogen-bond donors (Lipinski definition) is 0. The SMILES string of the molecule is Cc1ccc(C)c(C)c1.Cc1ccc(C)nc1. The highest BCUT2D eigenvalue weighted by molar-refractivity contribution is 5.28. The van der Waals surface area contributed by atoms with E-state index in [0.717, 1.165) is 5.69 Å². The summed E-state index contributed by atoms with van der Waals surface area (Å²) in [6.07, 6.45) is 1.87. The van der Waals surface area contributed by atoms with Gasteiger partial charge in [-0.2, -0.15) is 0 Å². The first-order valence-corrected chi connectivity index (χ1v) is 5.92. The maximum absolute atomic E-state index is 4.08. The van der Waals surface area contributed by atoms with Gasteiger partial charge in [-0.1, -0.05) is 29.8 Å². The zero-order valence-corrected chi connectivity index (χ0v) is 11.4. The fourth-order valence-electron chi connectivity index (χ4n) is 1.43. The van der Waals surface area contributed by atoms with Gasteiger partial charge in [0.05, 0.1) is 0 Å². The third-order valence-corrected chi connectivity index (χ3v) is 2.72. The van der Waals surface area contributed by atoms with Crippen molar-refractivity contribution in [3.8, 4) is 0 Å². The Morgan fingerprint density at radius 1 is 0.706 bits per heavy atom. The quantitative estimate of drug-likeness (QED) is 0.653. The lowest BCUT2D eigenvalue weighted by Gasteiger charge is -1.98. The number of benzene rings is 1. The molecule has 0 saturated carbocycles. The minimum Gasteiger partial charge on any atom is -0.261 e. The molecule has 1 heteroatoms. The molecule has 0 aliphatic carbocycles. The maximum Gasteiger partial charge on any atom is 0.0372 e. The Labute approximate surface area is 105 Å². The third-order valence-electron chi connectivity index (χ3n) is 2.72. The van der Waals surface area contributed by atoms with Gasteiger partial charge in [-0.15, -0.1) is 0 Å². The molecule has 1 aromatic heterocycles. The summed E-state index contributed by atoms with van der Waals surface area (Å²) in [5.41, 5.74) is 6.40. The summed E-state index contributed by atoms with van der Waals surface area (Å²) in [7, 11) is 0. The van der Waals surface area contributed by atoms with Gasteiger partial charge in [0.15, 0.2) is 0 Å². The molecule has 1 aromatic carbocycles. The molecular weight excluding hydrogens is 206 g/mol. The lowest BCUT2D eigenvalue weighted by Crippen LogP contribution is -1.79. The number of rotatable bonds is 0. The van der Waals surface area contributed by atoms with E-state index in [4.69, 9.17) is 0 Å². The van der Waals surface area contributed by atoms with E-state index < -0.39 is 0 Å². The van der Waals surface area contributed by atoms with Gasteiger partial charge in [0, 0.05) is 11.9 Å². The zero-order chi connectivity index (χ0) is 12.8. The van der Waals surface area contributed by atoms with Crippen molar-refractivity contribution >= 4 is 0 Å². The summed E-state index contributed by atoms with van der Waals surface area (Å²) in [5.74, 6) is 0. The normalized spacial score (nSPS) is 9.47. The van der Waals surface area contributed by atoms with Crippen LogP contribution < -0.4 is 0 Å². The molecule has 17 heavy (non-hydrogen) atoms. The maximum atomic E-state index is 4.08. The molecule has 0 saturated heterocycles. The molecule has 90 valence electrons. The molecule has 0 spiro atoms. The van der Waals surface area contributed by atoms with Crippen molar-refractivity contribution in [2.45, 2.75) is 34.6 Å². The molecule has 1 heterocycles. The van der Waals surface area contributed by atoms with Crippen molar-refractivity contribution < 1.29 is 0 Å². The fraction of sp³-hybridized carbons (Fsp3) is 0.312. The van der Waals surface area contributed by atoms with Gasteiger partial charge in [-0.05, 0) is 57.4 Å². The Kier molecular flexibility index (Phi) is 4.89. The lowest BCUT2D eigenvalue weighted by molar-refractivity contribution is 1.17. The van der Waals surface area contributed by atoms with Crippen LogP contribution in [0.2, 0.25) is 0 Å². The second kappa shape index (κ2) is 6.19. The summed E-state index contributed by atoms with van der Waals surface area (Å²) in [6, 6.07) is 10.6. The summed E-state index contributed by atoms with van der Waals surface area (Å²) in [4.78, 5) is 4.08. The van der Waals surface area contributed by atoms with Crippen LogP contribution in [-0.4, -0.2) is 4.98 Å². The Balaban J connectivity index is 0.000000171. The molecule has 2 aromatic rings. The van der Waals surface area contributed by atoms with E-state index in [1.807, 2.05) is 26.1 Å². The standard InChI is InChI=1S/C9H12.C7H9N/c1-7-4-5-8(2)9(3)6-7;1-6-3-4-7(2)8-5-6/h4-6H,1-3H3;3-5H,1-2H3. The topological polar surface area (TPSA) is 12.9 Å². The van der Waals surface area contributed by atoms with E-state index in [1.54, 1.807) is 0 Å². The van der Waals surface area contributed by atoms with Gasteiger partial charge in [-0.3, -0.25) is 4.98 Å². The Bertz CT molecular complexity index is 448. The van der Waals surface area contributed by atoms with Crippen LogP contribution in [0.15, 0.2) is 36.5 Å². The van der Waals surface area contributed by atoms with Crippen molar-refractivity contribution in [3.63, 3.8) is 0 Å². The second-order valence-corrected chi connectivity index (χ2v) is 4.56. The molecule has 0 radical (unpaired) electrons. The second-order valence-electron chi connectivity index (χ2n) is 4.56. The molecule has 0 unspecified atom stereocenters. The van der Waals surface area contributed by atoms with Crippen LogP contribution in [0.1, 0.15) is 27.9 Å². The first kappa shape index (κ1) is 13.4. The van der Waals surface area contributed by atoms with Crippen molar-refractivity contribution in [1.29, 1.82) is 0 Å². The van der Waals surface area contributed by atoms with Crippen molar-refractivity contribution in [1.82, 2.24) is 4.98 Å². The van der Waals surface area contributed by atoms with Crippen LogP contribution >= 0.6 is 0 Å². The highest BCUT2D eigenvalue weighted by Crippen LogP contribution is 2.07. The molecule has 0 fully saturated rings. The Morgan fingerprint density at radius 2 is 1.35 bits per heavy atom. The number of nitrogens with zero attached hydrogens (tertiary/aromatic N) is 1. The van der Waals surface area contributed by atoms with E-state index in [-0.39, 0.29) is 0 Å². The zero-order valence-electron chi connectivity index (χ0n) is 11.4. The summed E-state index contributed by atoms with van der Waals surface area (Å²) < 4.78 is 0.